The Hall–Kier alpha value is -3.63. The normalized spacial score (nSPS) is 11.4. The van der Waals surface area contributed by atoms with Crippen LogP contribution in [0.2, 0.25) is 0 Å². The largest absolute Gasteiger partial charge is 0.495 e. The molecular weight excluding hydrogens is 432 g/mol. The van der Waals surface area contributed by atoms with E-state index in [9.17, 15) is 13.2 Å². The van der Waals surface area contributed by atoms with Gasteiger partial charge in [0.2, 0.25) is 15.9 Å². The van der Waals surface area contributed by atoms with E-state index in [4.69, 9.17) is 9.47 Å². The van der Waals surface area contributed by atoms with Gasteiger partial charge in [0.15, 0.2) is 0 Å². The van der Waals surface area contributed by atoms with Crippen LogP contribution in [0.25, 0.3) is 6.08 Å². The molecule has 1 aromatic heterocycles. The van der Waals surface area contributed by atoms with Crippen LogP contribution in [-0.4, -0.2) is 44.6 Å². The molecule has 2 aromatic carbocycles. The van der Waals surface area contributed by atoms with Gasteiger partial charge >= 0.3 is 0 Å². The zero-order valence-corrected chi connectivity index (χ0v) is 18.5. The Morgan fingerprint density at radius 3 is 2.72 bits per heavy atom. The first kappa shape index (κ1) is 23.0. The molecule has 0 fully saturated rings. The van der Waals surface area contributed by atoms with Gasteiger partial charge in [-0.1, -0.05) is 18.2 Å². The Kier molecular flexibility index (Phi) is 7.63. The first-order valence-electron chi connectivity index (χ1n) is 9.71. The standard InChI is InChI=1S/C22H24N4O5S/c1-23-32(28,29)21-15-17(7-9-20(21)30-2)8-10-22(27)25-18-5-3-4-6-19(18)31-14-13-26-12-11-24-16-26/h3-12,15-16,23H,13-14H2,1-2H3,(H,25,27)/b10-8+. The molecule has 1 heterocycles. The number of methoxy groups -OCH3 is 1. The van der Waals surface area contributed by atoms with E-state index in [2.05, 4.69) is 15.0 Å². The van der Waals surface area contributed by atoms with E-state index in [-0.39, 0.29) is 16.6 Å². The van der Waals surface area contributed by atoms with Crippen molar-refractivity contribution in [2.24, 2.45) is 0 Å². The van der Waals surface area contributed by atoms with Crippen molar-refractivity contribution in [3.63, 3.8) is 0 Å². The van der Waals surface area contributed by atoms with E-state index in [0.29, 0.717) is 30.2 Å². The minimum absolute atomic E-state index is 0.0123. The number of carbonyl (C=O) groups is 1. The number of imidazole rings is 1. The number of hydrogen-bond donors (Lipinski definition) is 2. The Bertz CT molecular complexity index is 1190. The predicted molar refractivity (Wildman–Crippen MR) is 121 cm³/mol. The fraction of sp³-hybridized carbons (Fsp3) is 0.182. The topological polar surface area (TPSA) is 112 Å². The molecule has 1 amide bonds. The number of aromatic nitrogens is 2. The molecule has 0 radical (unpaired) electrons. The number of anilines is 1. The maximum atomic E-state index is 12.4. The number of nitrogens with one attached hydrogen (secondary N) is 2. The fourth-order valence-corrected chi connectivity index (χ4v) is 3.77. The minimum atomic E-state index is -3.71. The van der Waals surface area contributed by atoms with Crippen LogP contribution in [0.15, 0.2) is 72.2 Å². The molecule has 0 unspecified atom stereocenters. The van der Waals surface area contributed by atoms with E-state index < -0.39 is 10.0 Å². The van der Waals surface area contributed by atoms with Crippen molar-refractivity contribution in [2.45, 2.75) is 11.4 Å². The van der Waals surface area contributed by atoms with Gasteiger partial charge in [0.1, 0.15) is 23.0 Å². The zero-order chi connectivity index (χ0) is 23.0. The van der Waals surface area contributed by atoms with Gasteiger partial charge in [0, 0.05) is 18.5 Å². The molecule has 9 nitrogen and oxygen atoms in total. The van der Waals surface area contributed by atoms with Crippen LogP contribution >= 0.6 is 0 Å². The predicted octanol–water partition coefficient (Wildman–Crippen LogP) is 2.53. The van der Waals surface area contributed by atoms with Crippen LogP contribution in [0, 0.1) is 0 Å². The van der Waals surface area contributed by atoms with Crippen molar-refractivity contribution in [3.05, 3.63) is 72.8 Å². The minimum Gasteiger partial charge on any atom is -0.495 e. The van der Waals surface area contributed by atoms with Crippen LogP contribution in [0.1, 0.15) is 5.56 Å². The van der Waals surface area contributed by atoms with Gasteiger partial charge in [-0.25, -0.2) is 18.1 Å². The number of benzene rings is 2. The van der Waals surface area contributed by atoms with Gasteiger partial charge in [-0.3, -0.25) is 4.79 Å². The molecule has 10 heteroatoms. The lowest BCUT2D eigenvalue weighted by atomic mass is 10.2. The number of amides is 1. The molecule has 0 aliphatic rings. The molecule has 0 bridgehead atoms. The van der Waals surface area contributed by atoms with E-state index >= 15 is 0 Å². The summed E-state index contributed by atoms with van der Waals surface area (Å²) >= 11 is 0. The monoisotopic (exact) mass is 456 g/mol. The number of sulfonamides is 1. The molecule has 3 rings (SSSR count). The first-order chi connectivity index (χ1) is 15.4. The molecule has 0 aliphatic heterocycles. The first-order valence-corrected chi connectivity index (χ1v) is 11.2. The number of rotatable bonds is 10. The second kappa shape index (κ2) is 10.6. The van der Waals surface area contributed by atoms with Crippen molar-refractivity contribution in [2.75, 3.05) is 26.1 Å². The maximum absolute atomic E-state index is 12.4. The molecule has 0 saturated carbocycles. The lowest BCUT2D eigenvalue weighted by molar-refractivity contribution is -0.111. The third kappa shape index (κ3) is 5.96. The average Bonchev–Trinajstić information content (AvgIpc) is 3.32. The van der Waals surface area contributed by atoms with E-state index in [1.807, 2.05) is 16.8 Å². The van der Waals surface area contributed by atoms with Crippen molar-refractivity contribution < 1.29 is 22.7 Å². The number of nitrogens with zero attached hydrogens (tertiary/aromatic N) is 2. The van der Waals surface area contributed by atoms with Crippen molar-refractivity contribution >= 4 is 27.7 Å². The summed E-state index contributed by atoms with van der Waals surface area (Å²) in [6, 6.07) is 11.7. The lowest BCUT2D eigenvalue weighted by Gasteiger charge is -2.12. The summed E-state index contributed by atoms with van der Waals surface area (Å²) in [6.07, 6.45) is 8.08. The fourth-order valence-electron chi connectivity index (χ4n) is 2.84. The molecule has 2 N–H and O–H groups in total. The van der Waals surface area contributed by atoms with Gasteiger partial charge < -0.3 is 19.4 Å². The van der Waals surface area contributed by atoms with E-state index in [1.165, 1.54) is 38.4 Å². The van der Waals surface area contributed by atoms with E-state index in [1.54, 1.807) is 36.8 Å². The number of carbonyl (C=O) groups excluding carboxylic acids is 1. The summed E-state index contributed by atoms with van der Waals surface area (Å²) in [5.74, 6) is 0.369. The Balaban J connectivity index is 1.67. The summed E-state index contributed by atoms with van der Waals surface area (Å²) in [4.78, 5) is 16.4. The summed E-state index contributed by atoms with van der Waals surface area (Å²) in [5, 5.41) is 2.78. The molecule has 168 valence electrons. The van der Waals surface area contributed by atoms with Crippen molar-refractivity contribution in [1.29, 1.82) is 0 Å². The molecular formula is C22H24N4O5S. The van der Waals surface area contributed by atoms with Crippen LogP contribution in [0.4, 0.5) is 5.69 Å². The molecule has 0 spiro atoms. The van der Waals surface area contributed by atoms with Crippen LogP contribution in [-0.2, 0) is 21.4 Å². The highest BCUT2D eigenvalue weighted by molar-refractivity contribution is 7.89. The van der Waals surface area contributed by atoms with Gasteiger partial charge in [0.05, 0.1) is 25.7 Å². The van der Waals surface area contributed by atoms with Gasteiger partial charge in [0.25, 0.3) is 0 Å². The van der Waals surface area contributed by atoms with Crippen molar-refractivity contribution in [1.82, 2.24) is 14.3 Å². The summed E-state index contributed by atoms with van der Waals surface area (Å²) in [7, 11) is -1.00. The maximum Gasteiger partial charge on any atom is 0.248 e. The third-order valence-electron chi connectivity index (χ3n) is 4.48. The van der Waals surface area contributed by atoms with Crippen LogP contribution < -0.4 is 19.5 Å². The van der Waals surface area contributed by atoms with Crippen LogP contribution in [0.3, 0.4) is 0 Å². The zero-order valence-electron chi connectivity index (χ0n) is 17.7. The van der Waals surface area contributed by atoms with Gasteiger partial charge in [-0.2, -0.15) is 0 Å². The number of hydrogen-bond acceptors (Lipinski definition) is 6. The smallest absolute Gasteiger partial charge is 0.248 e. The third-order valence-corrected chi connectivity index (χ3v) is 5.92. The number of para-hydroxylation sites is 2. The second-order valence-electron chi connectivity index (χ2n) is 6.59. The quantitative estimate of drug-likeness (QED) is 0.454. The van der Waals surface area contributed by atoms with E-state index in [0.717, 1.165) is 0 Å². The average molecular weight is 457 g/mol. The highest BCUT2D eigenvalue weighted by atomic mass is 32.2. The second-order valence-corrected chi connectivity index (χ2v) is 8.44. The van der Waals surface area contributed by atoms with Gasteiger partial charge in [-0.15, -0.1) is 0 Å². The Labute approximate surface area is 186 Å². The molecule has 0 aliphatic carbocycles. The lowest BCUT2D eigenvalue weighted by Crippen LogP contribution is -2.19. The van der Waals surface area contributed by atoms with Gasteiger partial charge in [-0.05, 0) is 43.0 Å². The summed E-state index contributed by atoms with van der Waals surface area (Å²) in [6.45, 7) is 1.03. The van der Waals surface area contributed by atoms with Crippen molar-refractivity contribution in [3.8, 4) is 11.5 Å². The van der Waals surface area contributed by atoms with Crippen LogP contribution in [0.5, 0.6) is 11.5 Å². The molecule has 0 saturated heterocycles. The highest BCUT2D eigenvalue weighted by Gasteiger charge is 2.17. The summed E-state index contributed by atoms with van der Waals surface area (Å²) < 4.78 is 39.5. The Morgan fingerprint density at radius 1 is 1.19 bits per heavy atom. The molecule has 32 heavy (non-hydrogen) atoms. The number of ether oxygens (including phenoxy) is 2. The molecule has 0 atom stereocenters. The SMILES string of the molecule is CNS(=O)(=O)c1cc(/C=C/C(=O)Nc2ccccc2OCCn2ccnc2)ccc1OC. The summed E-state index contributed by atoms with van der Waals surface area (Å²) in [5.41, 5.74) is 1.06. The Morgan fingerprint density at radius 2 is 2.00 bits per heavy atom. The molecule has 3 aromatic rings. The highest BCUT2D eigenvalue weighted by Crippen LogP contribution is 2.26.